The fourth-order valence-electron chi connectivity index (χ4n) is 3.52. The molecule has 168 valence electrons. The van der Waals surface area contributed by atoms with E-state index >= 15 is 0 Å². The molecule has 1 unspecified atom stereocenters. The maximum atomic E-state index is 13.4. The van der Waals surface area contributed by atoms with Gasteiger partial charge in [-0.3, -0.25) is 14.2 Å². The van der Waals surface area contributed by atoms with Crippen molar-refractivity contribution in [3.63, 3.8) is 0 Å². The van der Waals surface area contributed by atoms with E-state index in [2.05, 4.69) is 5.32 Å². The number of aryl methyl sites for hydroxylation is 1. The van der Waals surface area contributed by atoms with E-state index in [1.165, 1.54) is 11.8 Å². The van der Waals surface area contributed by atoms with Gasteiger partial charge in [-0.1, -0.05) is 42.1 Å². The maximum Gasteiger partial charge on any atom is 0.266 e. The van der Waals surface area contributed by atoms with Crippen LogP contribution < -0.4 is 15.8 Å². The van der Waals surface area contributed by atoms with E-state index in [-0.39, 0.29) is 11.5 Å². The molecule has 7 heteroatoms. The standard InChI is InChI=1S/C26H26N4O2S/c1-17-9-5-8-12-23(17)30-25(32)21-10-6-7-11-22(21)28-26(30)33-18(2)24(31)27-19-13-15-20(16-14-19)29(3)4/h5-16,18H,1-4H3,(H,27,31). The highest BCUT2D eigenvalue weighted by atomic mass is 32.2. The van der Waals surface area contributed by atoms with E-state index < -0.39 is 5.25 Å². The van der Waals surface area contributed by atoms with Gasteiger partial charge in [0.1, 0.15) is 0 Å². The number of rotatable bonds is 6. The SMILES string of the molecule is Cc1ccccc1-n1c(SC(C)C(=O)Nc2ccc(N(C)C)cc2)nc2ccccc2c1=O. The first kappa shape index (κ1) is 22.6. The molecule has 1 N–H and O–H groups in total. The predicted octanol–water partition coefficient (Wildman–Crippen LogP) is 4.88. The normalized spacial score (nSPS) is 11.9. The summed E-state index contributed by atoms with van der Waals surface area (Å²) in [6, 6.07) is 22.6. The zero-order chi connectivity index (χ0) is 23.5. The van der Waals surface area contributed by atoms with Crippen LogP contribution in [-0.4, -0.2) is 34.8 Å². The van der Waals surface area contributed by atoms with Crippen molar-refractivity contribution in [2.75, 3.05) is 24.3 Å². The molecule has 0 fully saturated rings. The molecular formula is C26H26N4O2S. The second-order valence-electron chi connectivity index (χ2n) is 8.03. The molecule has 0 saturated carbocycles. The first-order valence-corrected chi connectivity index (χ1v) is 11.6. The topological polar surface area (TPSA) is 67.2 Å². The Labute approximate surface area is 197 Å². The third-order valence-electron chi connectivity index (χ3n) is 5.40. The van der Waals surface area contributed by atoms with Gasteiger partial charge in [0, 0.05) is 25.5 Å². The second kappa shape index (κ2) is 9.50. The fraction of sp³-hybridized carbons (Fsp3) is 0.192. The number of anilines is 2. The summed E-state index contributed by atoms with van der Waals surface area (Å²) in [5.41, 5.74) is 3.96. The van der Waals surface area contributed by atoms with Crippen LogP contribution in [0, 0.1) is 6.92 Å². The van der Waals surface area contributed by atoms with E-state index in [0.29, 0.717) is 16.1 Å². The number of hydrogen-bond acceptors (Lipinski definition) is 5. The van der Waals surface area contributed by atoms with E-state index in [9.17, 15) is 9.59 Å². The zero-order valence-electron chi connectivity index (χ0n) is 19.1. The molecule has 0 spiro atoms. The Hall–Kier alpha value is -3.58. The van der Waals surface area contributed by atoms with Crippen molar-refractivity contribution in [2.24, 2.45) is 0 Å². The molecule has 0 saturated heterocycles. The minimum atomic E-state index is -0.471. The molecule has 0 radical (unpaired) electrons. The van der Waals surface area contributed by atoms with Gasteiger partial charge in [0.25, 0.3) is 5.56 Å². The summed E-state index contributed by atoms with van der Waals surface area (Å²) in [6.45, 7) is 3.77. The summed E-state index contributed by atoms with van der Waals surface area (Å²) in [6.07, 6.45) is 0. The molecule has 0 aliphatic heterocycles. The number of aromatic nitrogens is 2. The number of nitrogens with one attached hydrogen (secondary N) is 1. The Morgan fingerprint density at radius 3 is 2.36 bits per heavy atom. The van der Waals surface area contributed by atoms with Crippen molar-refractivity contribution in [3.8, 4) is 5.69 Å². The summed E-state index contributed by atoms with van der Waals surface area (Å²) >= 11 is 1.27. The highest BCUT2D eigenvalue weighted by Gasteiger charge is 2.21. The molecule has 1 aromatic heterocycles. The minimum Gasteiger partial charge on any atom is -0.378 e. The summed E-state index contributed by atoms with van der Waals surface area (Å²) in [7, 11) is 3.94. The molecule has 3 aromatic carbocycles. The number of para-hydroxylation sites is 2. The van der Waals surface area contributed by atoms with E-state index in [0.717, 1.165) is 22.6 Å². The zero-order valence-corrected chi connectivity index (χ0v) is 19.9. The molecule has 0 bridgehead atoms. The van der Waals surface area contributed by atoms with E-state index in [4.69, 9.17) is 4.98 Å². The maximum absolute atomic E-state index is 13.4. The number of amides is 1. The van der Waals surface area contributed by atoms with Gasteiger partial charge in [-0.05, 0) is 61.9 Å². The smallest absolute Gasteiger partial charge is 0.266 e. The Morgan fingerprint density at radius 1 is 1.00 bits per heavy atom. The van der Waals surface area contributed by atoms with Crippen molar-refractivity contribution < 1.29 is 4.79 Å². The first-order valence-electron chi connectivity index (χ1n) is 10.7. The van der Waals surface area contributed by atoms with Gasteiger partial charge in [0.05, 0.1) is 21.8 Å². The minimum absolute atomic E-state index is 0.149. The average Bonchev–Trinajstić information content (AvgIpc) is 2.80. The number of benzene rings is 3. The Morgan fingerprint density at radius 2 is 1.67 bits per heavy atom. The molecular weight excluding hydrogens is 432 g/mol. The Balaban J connectivity index is 1.67. The highest BCUT2D eigenvalue weighted by Crippen LogP contribution is 2.27. The number of nitrogens with zero attached hydrogens (tertiary/aromatic N) is 3. The lowest BCUT2D eigenvalue weighted by Gasteiger charge is -2.18. The predicted molar refractivity (Wildman–Crippen MR) is 137 cm³/mol. The van der Waals surface area contributed by atoms with Crippen molar-refractivity contribution in [1.29, 1.82) is 0 Å². The fourth-order valence-corrected chi connectivity index (χ4v) is 4.44. The van der Waals surface area contributed by atoms with Gasteiger partial charge in [0.15, 0.2) is 5.16 Å². The van der Waals surface area contributed by atoms with Crippen LogP contribution in [0.15, 0.2) is 82.7 Å². The van der Waals surface area contributed by atoms with Crippen LogP contribution in [0.2, 0.25) is 0 Å². The second-order valence-corrected chi connectivity index (χ2v) is 9.34. The van der Waals surface area contributed by atoms with Crippen LogP contribution in [-0.2, 0) is 4.79 Å². The lowest BCUT2D eigenvalue weighted by Crippen LogP contribution is -2.26. The lowest BCUT2D eigenvalue weighted by molar-refractivity contribution is -0.115. The van der Waals surface area contributed by atoms with Crippen LogP contribution in [0.25, 0.3) is 16.6 Å². The molecule has 1 atom stereocenters. The number of hydrogen-bond donors (Lipinski definition) is 1. The van der Waals surface area contributed by atoms with Gasteiger partial charge in [-0.15, -0.1) is 0 Å². The van der Waals surface area contributed by atoms with Gasteiger partial charge in [-0.25, -0.2) is 4.98 Å². The van der Waals surface area contributed by atoms with Crippen molar-refractivity contribution >= 4 is 39.9 Å². The molecule has 1 heterocycles. The molecule has 1 amide bonds. The van der Waals surface area contributed by atoms with Crippen molar-refractivity contribution in [2.45, 2.75) is 24.3 Å². The van der Waals surface area contributed by atoms with Crippen LogP contribution >= 0.6 is 11.8 Å². The number of carbonyl (C=O) groups excluding carboxylic acids is 1. The third-order valence-corrected chi connectivity index (χ3v) is 6.46. The van der Waals surface area contributed by atoms with Crippen LogP contribution in [0.1, 0.15) is 12.5 Å². The lowest BCUT2D eigenvalue weighted by atomic mass is 10.2. The number of thioether (sulfide) groups is 1. The van der Waals surface area contributed by atoms with Crippen LogP contribution in [0.4, 0.5) is 11.4 Å². The average molecular weight is 459 g/mol. The largest absolute Gasteiger partial charge is 0.378 e. The molecule has 0 aliphatic rings. The van der Waals surface area contributed by atoms with Crippen molar-refractivity contribution in [1.82, 2.24) is 9.55 Å². The first-order chi connectivity index (χ1) is 15.8. The van der Waals surface area contributed by atoms with Crippen molar-refractivity contribution in [3.05, 3.63) is 88.7 Å². The molecule has 4 rings (SSSR count). The number of carbonyl (C=O) groups is 1. The van der Waals surface area contributed by atoms with Gasteiger partial charge in [-0.2, -0.15) is 0 Å². The monoisotopic (exact) mass is 458 g/mol. The summed E-state index contributed by atoms with van der Waals surface area (Å²) < 4.78 is 1.61. The molecule has 33 heavy (non-hydrogen) atoms. The van der Waals surface area contributed by atoms with Gasteiger partial charge in [0.2, 0.25) is 5.91 Å². The Kier molecular flexibility index (Phi) is 6.51. The summed E-state index contributed by atoms with van der Waals surface area (Å²) in [4.78, 5) is 33.1. The number of fused-ring (bicyclic) bond motifs is 1. The summed E-state index contributed by atoms with van der Waals surface area (Å²) in [5.74, 6) is -0.156. The van der Waals surface area contributed by atoms with Crippen LogP contribution in [0.5, 0.6) is 0 Å². The van der Waals surface area contributed by atoms with E-state index in [1.54, 1.807) is 10.6 Å². The van der Waals surface area contributed by atoms with Crippen LogP contribution in [0.3, 0.4) is 0 Å². The molecule has 0 aliphatic carbocycles. The third kappa shape index (κ3) is 4.78. The molecule has 4 aromatic rings. The Bertz CT molecular complexity index is 1360. The molecule has 6 nitrogen and oxygen atoms in total. The van der Waals surface area contributed by atoms with Gasteiger partial charge >= 0.3 is 0 Å². The summed E-state index contributed by atoms with van der Waals surface area (Å²) in [5, 5.41) is 3.52. The van der Waals surface area contributed by atoms with E-state index in [1.807, 2.05) is 99.6 Å². The quantitative estimate of drug-likeness (QED) is 0.330. The highest BCUT2D eigenvalue weighted by molar-refractivity contribution is 8.00. The van der Waals surface area contributed by atoms with Gasteiger partial charge < -0.3 is 10.2 Å².